The Kier molecular flexibility index (Phi) is 9.33. The fourth-order valence-corrected chi connectivity index (χ4v) is 2.07. The second kappa shape index (κ2) is 11.1. The first kappa shape index (κ1) is 18.5. The number of nitrogens with zero attached hydrogens (tertiary/aromatic N) is 1. The number of thioether (sulfide) groups is 1. The van der Waals surface area contributed by atoms with Gasteiger partial charge < -0.3 is 19.2 Å². The van der Waals surface area contributed by atoms with Gasteiger partial charge in [-0.25, -0.2) is 9.78 Å². The molecule has 22 heavy (non-hydrogen) atoms. The van der Waals surface area contributed by atoms with Gasteiger partial charge >= 0.3 is 11.9 Å². The van der Waals surface area contributed by atoms with Crippen molar-refractivity contribution in [3.8, 4) is 0 Å². The van der Waals surface area contributed by atoms with Crippen molar-refractivity contribution < 1.29 is 23.8 Å². The number of hydrogen-bond donors (Lipinski definition) is 1. The zero-order valence-corrected chi connectivity index (χ0v) is 13.7. The quantitative estimate of drug-likeness (QED) is 0.377. The van der Waals surface area contributed by atoms with Gasteiger partial charge in [-0.2, -0.15) is 0 Å². The highest BCUT2D eigenvalue weighted by molar-refractivity contribution is 7.99. The van der Waals surface area contributed by atoms with Crippen LogP contribution < -0.4 is 0 Å². The lowest BCUT2D eigenvalue weighted by Gasteiger charge is -2.05. The number of hydrogen-bond acceptors (Lipinski definition) is 7. The van der Waals surface area contributed by atoms with E-state index in [0.717, 1.165) is 12.8 Å². The third-order valence-electron chi connectivity index (χ3n) is 2.51. The molecular weight excluding hydrogens is 308 g/mol. The number of esters is 2. The predicted octanol–water partition coefficient (Wildman–Crippen LogP) is 2.04. The number of imidazole rings is 1. The molecule has 0 aromatic carbocycles. The van der Waals surface area contributed by atoms with Crippen molar-refractivity contribution in [3.63, 3.8) is 0 Å². The van der Waals surface area contributed by atoms with Crippen LogP contribution in [0.2, 0.25) is 0 Å². The van der Waals surface area contributed by atoms with E-state index in [-0.39, 0.29) is 24.0 Å². The fraction of sp³-hybridized carbons (Fsp3) is 0.643. The summed E-state index contributed by atoms with van der Waals surface area (Å²) in [5, 5.41) is 0.471. The lowest BCUT2D eigenvalue weighted by molar-refractivity contribution is -0.141. The number of aromatic nitrogens is 2. The van der Waals surface area contributed by atoms with Gasteiger partial charge in [0.05, 0.1) is 25.2 Å². The van der Waals surface area contributed by atoms with E-state index >= 15 is 0 Å². The van der Waals surface area contributed by atoms with Crippen molar-refractivity contribution in [2.45, 2.75) is 31.8 Å². The molecule has 124 valence electrons. The second-order valence-corrected chi connectivity index (χ2v) is 5.26. The van der Waals surface area contributed by atoms with E-state index in [1.165, 1.54) is 18.0 Å². The monoisotopic (exact) mass is 330 g/mol. The van der Waals surface area contributed by atoms with Crippen LogP contribution in [-0.4, -0.2) is 54.1 Å². The first-order valence-electron chi connectivity index (χ1n) is 7.25. The average molecular weight is 330 g/mol. The van der Waals surface area contributed by atoms with Crippen LogP contribution in [0.15, 0.2) is 11.4 Å². The average Bonchev–Trinajstić information content (AvgIpc) is 2.98. The summed E-state index contributed by atoms with van der Waals surface area (Å²) in [5.41, 5.74) is 0.266. The van der Waals surface area contributed by atoms with Gasteiger partial charge in [0.25, 0.3) is 0 Å². The lowest BCUT2D eigenvalue weighted by Crippen LogP contribution is -2.12. The molecule has 0 aliphatic heterocycles. The summed E-state index contributed by atoms with van der Waals surface area (Å²) in [4.78, 5) is 29.7. The van der Waals surface area contributed by atoms with Crippen molar-refractivity contribution in [1.29, 1.82) is 0 Å². The van der Waals surface area contributed by atoms with Crippen LogP contribution in [0.25, 0.3) is 0 Å². The van der Waals surface area contributed by atoms with Gasteiger partial charge in [-0.1, -0.05) is 25.1 Å². The van der Waals surface area contributed by atoms with Gasteiger partial charge in [0.2, 0.25) is 0 Å². The summed E-state index contributed by atoms with van der Waals surface area (Å²) in [7, 11) is 0. The highest BCUT2D eigenvalue weighted by Gasteiger charge is 2.12. The molecule has 0 atom stereocenters. The van der Waals surface area contributed by atoms with Crippen molar-refractivity contribution in [1.82, 2.24) is 9.97 Å². The molecule has 0 spiro atoms. The zero-order chi connectivity index (χ0) is 16.2. The molecule has 7 nitrogen and oxygen atoms in total. The topological polar surface area (TPSA) is 90.5 Å². The number of H-pyrrole nitrogens is 1. The Morgan fingerprint density at radius 1 is 1.23 bits per heavy atom. The zero-order valence-electron chi connectivity index (χ0n) is 12.9. The largest absolute Gasteiger partial charge is 0.463 e. The maximum Gasteiger partial charge on any atom is 0.356 e. The van der Waals surface area contributed by atoms with Gasteiger partial charge in [0.1, 0.15) is 12.3 Å². The second-order valence-electron chi connectivity index (χ2n) is 4.30. The number of ether oxygens (including phenoxy) is 3. The Balaban J connectivity index is 2.17. The van der Waals surface area contributed by atoms with E-state index in [1.807, 2.05) is 0 Å². The van der Waals surface area contributed by atoms with Crippen molar-refractivity contribution in [2.75, 3.05) is 32.2 Å². The summed E-state index contributed by atoms with van der Waals surface area (Å²) in [5.74, 6) is -0.697. The van der Waals surface area contributed by atoms with E-state index in [4.69, 9.17) is 14.2 Å². The highest BCUT2D eigenvalue weighted by atomic mass is 32.2. The molecule has 8 heteroatoms. The normalized spacial score (nSPS) is 10.5. The Labute approximate surface area is 134 Å². The number of carbonyl (C=O) groups is 2. The van der Waals surface area contributed by atoms with E-state index in [9.17, 15) is 9.59 Å². The van der Waals surface area contributed by atoms with Crippen LogP contribution in [0.1, 0.15) is 37.2 Å². The molecule has 0 radical (unpaired) electrons. The van der Waals surface area contributed by atoms with Crippen molar-refractivity contribution in [2.24, 2.45) is 0 Å². The number of unbranched alkanes of at least 4 members (excludes halogenated alkanes) is 1. The highest BCUT2D eigenvalue weighted by Crippen LogP contribution is 2.14. The van der Waals surface area contributed by atoms with Crippen LogP contribution in [-0.2, 0) is 19.0 Å². The summed E-state index contributed by atoms with van der Waals surface area (Å²) in [6.07, 6.45) is 3.46. The van der Waals surface area contributed by atoms with E-state index in [0.29, 0.717) is 25.0 Å². The minimum atomic E-state index is -0.464. The molecule has 0 amide bonds. The van der Waals surface area contributed by atoms with Gasteiger partial charge in [-0.05, 0) is 13.3 Å². The number of nitrogens with one attached hydrogen (secondary N) is 1. The van der Waals surface area contributed by atoms with Crippen LogP contribution in [0.4, 0.5) is 0 Å². The molecule has 0 bridgehead atoms. The molecule has 1 heterocycles. The predicted molar refractivity (Wildman–Crippen MR) is 82.0 cm³/mol. The molecule has 0 saturated heterocycles. The summed E-state index contributed by atoms with van der Waals surface area (Å²) in [6.45, 7) is 5.45. The first-order valence-corrected chi connectivity index (χ1v) is 8.24. The summed E-state index contributed by atoms with van der Waals surface area (Å²) < 4.78 is 15.1. The molecule has 0 aliphatic carbocycles. The summed E-state index contributed by atoms with van der Waals surface area (Å²) in [6, 6.07) is 0. The van der Waals surface area contributed by atoms with Gasteiger partial charge in [0, 0.05) is 6.61 Å². The van der Waals surface area contributed by atoms with Crippen molar-refractivity contribution in [3.05, 3.63) is 11.9 Å². The van der Waals surface area contributed by atoms with Gasteiger partial charge in [-0.15, -0.1) is 0 Å². The molecular formula is C14H22N2O5S. The number of aromatic amines is 1. The molecule has 1 aromatic rings. The molecule has 0 fully saturated rings. The smallest absolute Gasteiger partial charge is 0.356 e. The SMILES string of the molecule is CCCCOCCOC(=O)CSc1ncc(C(=O)OCC)[nH]1. The Bertz CT molecular complexity index is 464. The molecule has 0 unspecified atom stereocenters. The van der Waals surface area contributed by atoms with E-state index < -0.39 is 5.97 Å². The molecule has 1 aromatic heterocycles. The number of rotatable bonds is 11. The molecule has 0 aliphatic rings. The number of carbonyl (C=O) groups excluding carboxylic acids is 2. The minimum absolute atomic E-state index is 0.116. The Hall–Kier alpha value is -1.54. The van der Waals surface area contributed by atoms with Crippen LogP contribution in [0.3, 0.4) is 0 Å². The summed E-state index contributed by atoms with van der Waals surface area (Å²) >= 11 is 1.17. The van der Waals surface area contributed by atoms with E-state index in [2.05, 4.69) is 16.9 Å². The minimum Gasteiger partial charge on any atom is -0.463 e. The van der Waals surface area contributed by atoms with Gasteiger partial charge in [0.15, 0.2) is 5.16 Å². The molecule has 0 saturated carbocycles. The van der Waals surface area contributed by atoms with Crippen LogP contribution in [0.5, 0.6) is 0 Å². The fourth-order valence-electron chi connectivity index (χ4n) is 1.42. The third-order valence-corrected chi connectivity index (χ3v) is 3.37. The van der Waals surface area contributed by atoms with Crippen LogP contribution in [0, 0.1) is 0 Å². The van der Waals surface area contributed by atoms with E-state index in [1.54, 1.807) is 6.92 Å². The van der Waals surface area contributed by atoms with Crippen LogP contribution >= 0.6 is 11.8 Å². The molecule has 1 rings (SSSR count). The standard InChI is InChI=1S/C14H22N2O5S/c1-3-5-6-19-7-8-21-12(17)10-22-14-15-9-11(16-14)13(18)20-4-2/h9H,3-8,10H2,1-2H3,(H,15,16). The first-order chi connectivity index (χ1) is 10.7. The van der Waals surface area contributed by atoms with Gasteiger partial charge in [-0.3, -0.25) is 4.79 Å². The van der Waals surface area contributed by atoms with Crippen molar-refractivity contribution >= 4 is 23.7 Å². The lowest BCUT2D eigenvalue weighted by atomic mass is 10.4. The Morgan fingerprint density at radius 2 is 2.05 bits per heavy atom. The maximum atomic E-state index is 11.5. The molecule has 1 N–H and O–H groups in total. The maximum absolute atomic E-state index is 11.5. The third kappa shape index (κ3) is 7.46. The Morgan fingerprint density at radius 3 is 2.77 bits per heavy atom.